The van der Waals surface area contributed by atoms with Gasteiger partial charge in [0.1, 0.15) is 0 Å². The molecule has 0 spiro atoms. The second-order valence-electron chi connectivity index (χ2n) is 5.48. The summed E-state index contributed by atoms with van der Waals surface area (Å²) in [6.45, 7) is 2.45. The molecule has 2 rings (SSSR count). The van der Waals surface area contributed by atoms with Crippen LogP contribution in [-0.4, -0.2) is 18.5 Å². The Bertz CT molecular complexity index is 507. The molecule has 1 aromatic carbocycles. The standard InChI is InChI=1S/C16H21N3O/c1-12-5-2-3-8-15(12)19-16(20)11-18-14-7-4-6-13(9-14)10-17/h4,6-7,9,12,15,18H,2-3,5,8,11H2,1H3,(H,19,20)/t12-,15-/m1/s1. The molecule has 0 unspecified atom stereocenters. The number of hydrogen-bond donors (Lipinski definition) is 2. The van der Waals surface area contributed by atoms with Gasteiger partial charge in [0.25, 0.3) is 0 Å². The monoisotopic (exact) mass is 271 g/mol. The van der Waals surface area contributed by atoms with Crippen LogP contribution in [0.2, 0.25) is 0 Å². The van der Waals surface area contributed by atoms with Crippen molar-refractivity contribution in [3.05, 3.63) is 29.8 Å². The van der Waals surface area contributed by atoms with Gasteiger partial charge in [-0.1, -0.05) is 25.8 Å². The first-order chi connectivity index (χ1) is 9.69. The summed E-state index contributed by atoms with van der Waals surface area (Å²) in [4.78, 5) is 11.9. The van der Waals surface area contributed by atoms with Crippen molar-refractivity contribution in [1.29, 1.82) is 5.26 Å². The Labute approximate surface area is 120 Å². The van der Waals surface area contributed by atoms with Gasteiger partial charge < -0.3 is 10.6 Å². The molecule has 1 aliphatic carbocycles. The smallest absolute Gasteiger partial charge is 0.239 e. The number of nitrogens with one attached hydrogen (secondary N) is 2. The normalized spacial score (nSPS) is 21.8. The second kappa shape index (κ2) is 6.95. The van der Waals surface area contributed by atoms with E-state index in [0.717, 1.165) is 12.1 Å². The number of anilines is 1. The van der Waals surface area contributed by atoms with E-state index in [2.05, 4.69) is 23.6 Å². The average molecular weight is 271 g/mol. The van der Waals surface area contributed by atoms with Crippen molar-refractivity contribution in [2.75, 3.05) is 11.9 Å². The molecule has 1 saturated carbocycles. The van der Waals surface area contributed by atoms with Crippen LogP contribution in [0.25, 0.3) is 0 Å². The number of hydrogen-bond acceptors (Lipinski definition) is 3. The molecule has 1 aliphatic rings. The Morgan fingerprint density at radius 2 is 2.20 bits per heavy atom. The van der Waals surface area contributed by atoms with Gasteiger partial charge in [-0.25, -0.2) is 0 Å². The molecule has 0 aromatic heterocycles. The number of carbonyl (C=O) groups excluding carboxylic acids is 1. The molecule has 4 heteroatoms. The van der Waals surface area contributed by atoms with Gasteiger partial charge in [-0.3, -0.25) is 4.79 Å². The lowest BCUT2D eigenvalue weighted by molar-refractivity contribution is -0.120. The SMILES string of the molecule is C[C@@H]1CCCC[C@H]1NC(=O)CNc1cccc(C#N)c1. The van der Waals surface area contributed by atoms with Gasteiger partial charge in [0, 0.05) is 11.7 Å². The lowest BCUT2D eigenvalue weighted by atomic mass is 9.86. The quantitative estimate of drug-likeness (QED) is 0.885. The third-order valence-corrected chi connectivity index (χ3v) is 3.90. The Kier molecular flexibility index (Phi) is 5.00. The first-order valence-corrected chi connectivity index (χ1v) is 7.22. The largest absolute Gasteiger partial charge is 0.376 e. The zero-order valence-corrected chi connectivity index (χ0v) is 11.9. The lowest BCUT2D eigenvalue weighted by Gasteiger charge is -2.29. The summed E-state index contributed by atoms with van der Waals surface area (Å²) in [6, 6.07) is 9.55. The number of benzene rings is 1. The maximum atomic E-state index is 11.9. The van der Waals surface area contributed by atoms with E-state index in [9.17, 15) is 4.79 Å². The van der Waals surface area contributed by atoms with Crippen molar-refractivity contribution >= 4 is 11.6 Å². The van der Waals surface area contributed by atoms with E-state index in [4.69, 9.17) is 5.26 Å². The maximum absolute atomic E-state index is 11.9. The van der Waals surface area contributed by atoms with Crippen LogP contribution >= 0.6 is 0 Å². The molecule has 20 heavy (non-hydrogen) atoms. The summed E-state index contributed by atoms with van der Waals surface area (Å²) in [6.07, 6.45) is 4.75. The van der Waals surface area contributed by atoms with Crippen molar-refractivity contribution in [3.8, 4) is 6.07 Å². The molecule has 0 bridgehead atoms. The van der Waals surface area contributed by atoms with E-state index in [1.165, 1.54) is 19.3 Å². The fraction of sp³-hybridized carbons (Fsp3) is 0.500. The zero-order valence-electron chi connectivity index (χ0n) is 11.9. The highest BCUT2D eigenvalue weighted by atomic mass is 16.1. The number of nitrogens with zero attached hydrogens (tertiary/aromatic N) is 1. The highest BCUT2D eigenvalue weighted by molar-refractivity contribution is 5.81. The molecule has 0 heterocycles. The molecule has 0 aliphatic heterocycles. The van der Waals surface area contributed by atoms with Crippen LogP contribution in [0.3, 0.4) is 0 Å². The Hall–Kier alpha value is -2.02. The third kappa shape index (κ3) is 3.99. The molecule has 0 radical (unpaired) electrons. The molecule has 1 fully saturated rings. The predicted molar refractivity (Wildman–Crippen MR) is 79.2 cm³/mol. The molecule has 106 valence electrons. The van der Waals surface area contributed by atoms with Crippen LogP contribution in [0, 0.1) is 17.2 Å². The fourth-order valence-electron chi connectivity index (χ4n) is 2.67. The minimum absolute atomic E-state index is 0.0195. The fourth-order valence-corrected chi connectivity index (χ4v) is 2.67. The maximum Gasteiger partial charge on any atom is 0.239 e. The first-order valence-electron chi connectivity index (χ1n) is 7.22. The molecule has 0 saturated heterocycles. The van der Waals surface area contributed by atoms with Gasteiger partial charge in [-0.15, -0.1) is 0 Å². The molecule has 2 atom stereocenters. The highest BCUT2D eigenvalue weighted by Gasteiger charge is 2.22. The Morgan fingerprint density at radius 3 is 2.95 bits per heavy atom. The minimum Gasteiger partial charge on any atom is -0.376 e. The highest BCUT2D eigenvalue weighted by Crippen LogP contribution is 2.23. The van der Waals surface area contributed by atoms with Crippen molar-refractivity contribution in [1.82, 2.24) is 5.32 Å². The third-order valence-electron chi connectivity index (χ3n) is 3.90. The number of amides is 1. The van der Waals surface area contributed by atoms with E-state index in [-0.39, 0.29) is 12.5 Å². The molecular formula is C16H21N3O. The molecular weight excluding hydrogens is 250 g/mol. The van der Waals surface area contributed by atoms with Crippen molar-refractivity contribution < 1.29 is 4.79 Å². The minimum atomic E-state index is 0.0195. The van der Waals surface area contributed by atoms with E-state index >= 15 is 0 Å². The van der Waals surface area contributed by atoms with Gasteiger partial charge in [0.2, 0.25) is 5.91 Å². The summed E-state index contributed by atoms with van der Waals surface area (Å²) < 4.78 is 0. The number of nitriles is 1. The van der Waals surface area contributed by atoms with Gasteiger partial charge in [-0.05, 0) is 37.0 Å². The van der Waals surface area contributed by atoms with Gasteiger partial charge in [-0.2, -0.15) is 5.26 Å². The van der Waals surface area contributed by atoms with Crippen molar-refractivity contribution in [2.45, 2.75) is 38.6 Å². The molecule has 1 aromatic rings. The second-order valence-corrected chi connectivity index (χ2v) is 5.48. The summed E-state index contributed by atoms with van der Waals surface area (Å²) in [5, 5.41) is 15.0. The summed E-state index contributed by atoms with van der Waals surface area (Å²) in [7, 11) is 0. The number of rotatable bonds is 4. The van der Waals surface area contributed by atoms with Crippen LogP contribution in [0.15, 0.2) is 24.3 Å². The molecule has 2 N–H and O–H groups in total. The van der Waals surface area contributed by atoms with Gasteiger partial charge in [0.05, 0.1) is 18.2 Å². The van der Waals surface area contributed by atoms with E-state index < -0.39 is 0 Å². The topological polar surface area (TPSA) is 64.9 Å². The Morgan fingerprint density at radius 1 is 1.40 bits per heavy atom. The number of carbonyl (C=O) groups is 1. The summed E-state index contributed by atoms with van der Waals surface area (Å²) in [5.74, 6) is 0.584. The van der Waals surface area contributed by atoms with Gasteiger partial charge >= 0.3 is 0 Å². The van der Waals surface area contributed by atoms with Crippen LogP contribution < -0.4 is 10.6 Å². The van der Waals surface area contributed by atoms with Crippen molar-refractivity contribution in [2.24, 2.45) is 5.92 Å². The predicted octanol–water partition coefficient (Wildman–Crippen LogP) is 2.67. The van der Waals surface area contributed by atoms with E-state index in [1.54, 1.807) is 12.1 Å². The van der Waals surface area contributed by atoms with Crippen LogP contribution in [0.4, 0.5) is 5.69 Å². The Balaban J connectivity index is 1.81. The summed E-state index contributed by atoms with van der Waals surface area (Å²) in [5.41, 5.74) is 1.40. The van der Waals surface area contributed by atoms with Crippen molar-refractivity contribution in [3.63, 3.8) is 0 Å². The van der Waals surface area contributed by atoms with Crippen LogP contribution in [0.1, 0.15) is 38.2 Å². The van der Waals surface area contributed by atoms with E-state index in [1.807, 2.05) is 12.1 Å². The van der Waals surface area contributed by atoms with Crippen LogP contribution in [-0.2, 0) is 4.79 Å². The molecule has 4 nitrogen and oxygen atoms in total. The van der Waals surface area contributed by atoms with Crippen LogP contribution in [0.5, 0.6) is 0 Å². The average Bonchev–Trinajstić information content (AvgIpc) is 2.48. The first kappa shape index (κ1) is 14.4. The summed E-state index contributed by atoms with van der Waals surface area (Å²) >= 11 is 0. The van der Waals surface area contributed by atoms with E-state index in [0.29, 0.717) is 17.5 Å². The molecule has 1 amide bonds. The van der Waals surface area contributed by atoms with Gasteiger partial charge in [0.15, 0.2) is 0 Å². The zero-order chi connectivity index (χ0) is 14.4. The lowest BCUT2D eigenvalue weighted by Crippen LogP contribution is -2.43.